The van der Waals surface area contributed by atoms with Gasteiger partial charge in [0.25, 0.3) is 0 Å². The fourth-order valence-corrected chi connectivity index (χ4v) is 2.43. The third-order valence-electron chi connectivity index (χ3n) is 2.35. The van der Waals surface area contributed by atoms with Crippen LogP contribution in [0.3, 0.4) is 0 Å². The molecular formula is C12H14N2O3S. The average molecular weight is 266 g/mol. The summed E-state index contributed by atoms with van der Waals surface area (Å²) in [5.41, 5.74) is 0.907. The molecule has 0 aliphatic rings. The number of nitrogens with zero attached hydrogens (tertiary/aromatic N) is 1. The summed E-state index contributed by atoms with van der Waals surface area (Å²) in [5.74, 6) is 0.613. The minimum Gasteiger partial charge on any atom is -0.462 e. The minimum absolute atomic E-state index is 0.0723. The Bertz CT molecular complexity index is 519. The molecule has 0 fully saturated rings. The van der Waals surface area contributed by atoms with Crippen LogP contribution in [0.15, 0.2) is 22.8 Å². The third kappa shape index (κ3) is 2.96. The highest BCUT2D eigenvalue weighted by atomic mass is 32.1. The van der Waals surface area contributed by atoms with Crippen molar-refractivity contribution in [3.63, 3.8) is 0 Å². The summed E-state index contributed by atoms with van der Waals surface area (Å²) in [6.45, 7) is 2.45. The predicted molar refractivity (Wildman–Crippen MR) is 68.3 cm³/mol. The van der Waals surface area contributed by atoms with Gasteiger partial charge in [0.15, 0.2) is 10.8 Å². The molecule has 1 amide bonds. The number of carbonyl (C=O) groups is 1. The van der Waals surface area contributed by atoms with Gasteiger partial charge >= 0.3 is 0 Å². The van der Waals surface area contributed by atoms with Crippen molar-refractivity contribution < 1.29 is 13.9 Å². The highest BCUT2D eigenvalue weighted by Gasteiger charge is 2.11. The molecule has 2 aromatic heterocycles. The Labute approximate surface area is 109 Å². The van der Waals surface area contributed by atoms with E-state index in [4.69, 9.17) is 9.15 Å². The second kappa shape index (κ2) is 5.79. The highest BCUT2D eigenvalue weighted by Crippen LogP contribution is 2.27. The molecule has 2 aromatic rings. The van der Waals surface area contributed by atoms with E-state index in [1.54, 1.807) is 6.26 Å². The zero-order valence-corrected chi connectivity index (χ0v) is 11.0. The number of methoxy groups -OCH3 is 1. The number of rotatable bonds is 5. The SMILES string of the molecule is COCC(=O)NCc1sc(-c2ccco2)nc1C. The second-order valence-corrected chi connectivity index (χ2v) is 4.80. The fraction of sp³-hybridized carbons (Fsp3) is 0.333. The van der Waals surface area contributed by atoms with E-state index in [1.807, 2.05) is 19.1 Å². The molecular weight excluding hydrogens is 252 g/mol. The molecule has 18 heavy (non-hydrogen) atoms. The summed E-state index contributed by atoms with van der Waals surface area (Å²) in [5, 5.41) is 3.60. The summed E-state index contributed by atoms with van der Waals surface area (Å²) >= 11 is 1.52. The van der Waals surface area contributed by atoms with Crippen LogP contribution in [0.5, 0.6) is 0 Å². The average Bonchev–Trinajstić information content (AvgIpc) is 2.96. The molecule has 0 radical (unpaired) electrons. The lowest BCUT2D eigenvalue weighted by Crippen LogP contribution is -2.26. The van der Waals surface area contributed by atoms with Gasteiger partial charge in [-0.15, -0.1) is 11.3 Å². The van der Waals surface area contributed by atoms with Crippen molar-refractivity contribution in [3.8, 4) is 10.8 Å². The van der Waals surface area contributed by atoms with Crippen LogP contribution in [-0.2, 0) is 16.1 Å². The smallest absolute Gasteiger partial charge is 0.246 e. The zero-order chi connectivity index (χ0) is 13.0. The molecule has 0 aliphatic heterocycles. The van der Waals surface area contributed by atoms with Crippen molar-refractivity contribution in [2.24, 2.45) is 0 Å². The predicted octanol–water partition coefficient (Wildman–Crippen LogP) is 1.97. The molecule has 0 saturated heterocycles. The van der Waals surface area contributed by atoms with Crippen molar-refractivity contribution in [3.05, 3.63) is 29.0 Å². The Balaban J connectivity index is 2.04. The van der Waals surface area contributed by atoms with Gasteiger partial charge in [-0.3, -0.25) is 4.79 Å². The molecule has 0 unspecified atom stereocenters. The van der Waals surface area contributed by atoms with Crippen LogP contribution in [0.25, 0.3) is 10.8 Å². The van der Waals surface area contributed by atoms with Crippen LogP contribution in [0, 0.1) is 6.92 Å². The summed E-state index contributed by atoms with van der Waals surface area (Å²) < 4.78 is 10.0. The Morgan fingerprint density at radius 2 is 2.44 bits per heavy atom. The van der Waals surface area contributed by atoms with Crippen molar-refractivity contribution in [2.45, 2.75) is 13.5 Å². The maximum absolute atomic E-state index is 11.3. The zero-order valence-electron chi connectivity index (χ0n) is 10.2. The number of carbonyl (C=O) groups excluding carboxylic acids is 1. The molecule has 6 heteroatoms. The highest BCUT2D eigenvalue weighted by molar-refractivity contribution is 7.15. The van der Waals surface area contributed by atoms with Gasteiger partial charge in [0.05, 0.1) is 18.5 Å². The number of furan rings is 1. The molecule has 96 valence electrons. The molecule has 1 N–H and O–H groups in total. The maximum atomic E-state index is 11.3. The number of ether oxygens (including phenoxy) is 1. The van der Waals surface area contributed by atoms with Gasteiger partial charge in [0, 0.05) is 12.0 Å². The number of hydrogen-bond donors (Lipinski definition) is 1. The van der Waals surface area contributed by atoms with Crippen LogP contribution in [0.2, 0.25) is 0 Å². The summed E-state index contributed by atoms with van der Waals surface area (Å²) in [4.78, 5) is 16.7. The van der Waals surface area contributed by atoms with Gasteiger partial charge in [-0.05, 0) is 19.1 Å². The van der Waals surface area contributed by atoms with Gasteiger partial charge < -0.3 is 14.5 Å². The van der Waals surface area contributed by atoms with E-state index in [2.05, 4.69) is 10.3 Å². The van der Waals surface area contributed by atoms with E-state index >= 15 is 0 Å². The summed E-state index contributed by atoms with van der Waals surface area (Å²) in [7, 11) is 1.49. The number of aromatic nitrogens is 1. The molecule has 0 atom stereocenters. The maximum Gasteiger partial charge on any atom is 0.246 e. The van der Waals surface area contributed by atoms with E-state index in [-0.39, 0.29) is 12.5 Å². The van der Waals surface area contributed by atoms with Gasteiger partial charge in [-0.2, -0.15) is 0 Å². The first-order chi connectivity index (χ1) is 8.70. The first kappa shape index (κ1) is 12.8. The molecule has 2 heterocycles. The van der Waals surface area contributed by atoms with Crippen molar-refractivity contribution in [2.75, 3.05) is 13.7 Å². The van der Waals surface area contributed by atoms with Gasteiger partial charge in [0.2, 0.25) is 5.91 Å². The van der Waals surface area contributed by atoms with Gasteiger partial charge in [-0.1, -0.05) is 0 Å². The lowest BCUT2D eigenvalue weighted by Gasteiger charge is -2.02. The van der Waals surface area contributed by atoms with E-state index in [1.165, 1.54) is 18.4 Å². The van der Waals surface area contributed by atoms with Crippen molar-refractivity contribution >= 4 is 17.2 Å². The Morgan fingerprint density at radius 3 is 3.11 bits per heavy atom. The Morgan fingerprint density at radius 1 is 1.61 bits per heavy atom. The first-order valence-corrected chi connectivity index (χ1v) is 6.28. The van der Waals surface area contributed by atoms with Gasteiger partial charge in [0.1, 0.15) is 6.61 Å². The van der Waals surface area contributed by atoms with Crippen LogP contribution >= 0.6 is 11.3 Å². The van der Waals surface area contributed by atoms with Crippen molar-refractivity contribution in [1.29, 1.82) is 0 Å². The van der Waals surface area contributed by atoms with E-state index < -0.39 is 0 Å². The molecule has 0 bridgehead atoms. The quantitative estimate of drug-likeness (QED) is 0.898. The molecule has 0 spiro atoms. The first-order valence-electron chi connectivity index (χ1n) is 5.46. The molecule has 0 aliphatic carbocycles. The lowest BCUT2D eigenvalue weighted by molar-refractivity contribution is -0.124. The molecule has 2 rings (SSSR count). The number of aryl methyl sites for hydroxylation is 1. The topological polar surface area (TPSA) is 64.4 Å². The number of thiazole rings is 1. The third-order valence-corrected chi connectivity index (χ3v) is 3.52. The van der Waals surface area contributed by atoms with Crippen molar-refractivity contribution in [1.82, 2.24) is 10.3 Å². The van der Waals surface area contributed by atoms with Crippen LogP contribution < -0.4 is 5.32 Å². The fourth-order valence-electron chi connectivity index (χ4n) is 1.46. The number of amides is 1. The molecule has 5 nitrogen and oxygen atoms in total. The van der Waals surface area contributed by atoms with E-state index in [0.717, 1.165) is 21.3 Å². The second-order valence-electron chi connectivity index (χ2n) is 3.71. The minimum atomic E-state index is -0.134. The number of hydrogen-bond acceptors (Lipinski definition) is 5. The van der Waals surface area contributed by atoms with E-state index in [9.17, 15) is 4.79 Å². The molecule has 0 aromatic carbocycles. The Hall–Kier alpha value is -1.66. The van der Waals surface area contributed by atoms with Crippen LogP contribution in [-0.4, -0.2) is 24.6 Å². The number of nitrogens with one attached hydrogen (secondary N) is 1. The summed E-state index contributed by atoms with van der Waals surface area (Å²) in [6, 6.07) is 3.69. The lowest BCUT2D eigenvalue weighted by atomic mass is 10.4. The van der Waals surface area contributed by atoms with E-state index in [0.29, 0.717) is 6.54 Å². The standard InChI is InChI=1S/C12H14N2O3S/c1-8-10(6-13-11(15)7-16-2)18-12(14-8)9-4-3-5-17-9/h3-5H,6-7H2,1-2H3,(H,13,15). The van der Waals surface area contributed by atoms with Gasteiger partial charge in [-0.25, -0.2) is 4.98 Å². The normalized spacial score (nSPS) is 10.6. The monoisotopic (exact) mass is 266 g/mol. The molecule has 0 saturated carbocycles. The van der Waals surface area contributed by atoms with Crippen LogP contribution in [0.1, 0.15) is 10.6 Å². The largest absolute Gasteiger partial charge is 0.462 e. The summed E-state index contributed by atoms with van der Waals surface area (Å²) in [6.07, 6.45) is 1.62. The Kier molecular flexibility index (Phi) is 4.11. The van der Waals surface area contributed by atoms with Crippen LogP contribution in [0.4, 0.5) is 0 Å².